The van der Waals surface area contributed by atoms with Gasteiger partial charge in [0.1, 0.15) is 11.5 Å². The highest BCUT2D eigenvalue weighted by atomic mass is 19.4. The van der Waals surface area contributed by atoms with Crippen molar-refractivity contribution in [2.24, 2.45) is 0 Å². The zero-order chi connectivity index (χ0) is 25.3. The molecule has 9 heteroatoms. The maximum atomic E-state index is 13.0. The number of alkyl halides is 3. The first kappa shape index (κ1) is 23.3. The molecule has 2 aromatic carbocycles. The number of esters is 1. The van der Waals surface area contributed by atoms with E-state index in [1.807, 2.05) is 60.7 Å². The lowest BCUT2D eigenvalue weighted by atomic mass is 10.1. The van der Waals surface area contributed by atoms with Crippen molar-refractivity contribution < 1.29 is 27.1 Å². The van der Waals surface area contributed by atoms with Gasteiger partial charge in [-0.3, -0.25) is 9.20 Å². The summed E-state index contributed by atoms with van der Waals surface area (Å²) in [6.45, 7) is 1.25. The molecule has 0 atom stereocenters. The fourth-order valence-electron chi connectivity index (χ4n) is 3.94. The number of benzene rings is 2. The number of rotatable bonds is 6. The van der Waals surface area contributed by atoms with Crippen LogP contribution in [0.2, 0.25) is 0 Å². The lowest BCUT2D eigenvalue weighted by Gasteiger charge is -2.10. The Kier molecular flexibility index (Phi) is 6.05. The number of aromatic nitrogens is 3. The highest BCUT2D eigenvalue weighted by molar-refractivity contribution is 5.70. The molecule has 6 nitrogen and oxygen atoms in total. The number of hydrogen-bond donors (Lipinski definition) is 0. The van der Waals surface area contributed by atoms with Crippen LogP contribution in [0.5, 0.6) is 5.88 Å². The second-order valence-corrected chi connectivity index (χ2v) is 8.19. The minimum absolute atomic E-state index is 0.0417. The van der Waals surface area contributed by atoms with Crippen LogP contribution in [0.3, 0.4) is 0 Å². The van der Waals surface area contributed by atoms with Gasteiger partial charge in [-0.25, -0.2) is 9.97 Å². The molecule has 0 saturated heterocycles. The molecular weight excluding hydrogens is 471 g/mol. The molecule has 0 fully saturated rings. The molecule has 0 radical (unpaired) electrons. The fraction of sp³-hybridized carbons (Fsp3) is 0.148. The first-order valence-corrected chi connectivity index (χ1v) is 11.1. The summed E-state index contributed by atoms with van der Waals surface area (Å²) in [4.78, 5) is 21.5. The van der Waals surface area contributed by atoms with E-state index in [4.69, 9.17) is 14.1 Å². The number of imidazole rings is 1. The quantitative estimate of drug-likeness (QED) is 0.268. The lowest BCUT2D eigenvalue weighted by molar-refractivity contribution is -0.153. The Morgan fingerprint density at radius 2 is 1.61 bits per heavy atom. The van der Waals surface area contributed by atoms with Gasteiger partial charge in [-0.05, 0) is 17.7 Å². The predicted molar refractivity (Wildman–Crippen MR) is 125 cm³/mol. The van der Waals surface area contributed by atoms with Crippen molar-refractivity contribution >= 4 is 11.6 Å². The van der Waals surface area contributed by atoms with Gasteiger partial charge < -0.3 is 9.15 Å². The van der Waals surface area contributed by atoms with Crippen LogP contribution in [0.15, 0.2) is 83.4 Å². The minimum atomic E-state index is -4.60. The molecule has 0 amide bonds. The Labute approximate surface area is 204 Å². The van der Waals surface area contributed by atoms with Gasteiger partial charge in [-0.15, -0.1) is 0 Å². The largest absolute Gasteiger partial charge is 0.456 e. The topological polar surface area (TPSA) is 69.6 Å². The molecule has 0 aliphatic carbocycles. The van der Waals surface area contributed by atoms with Crippen molar-refractivity contribution in [2.75, 3.05) is 0 Å². The summed E-state index contributed by atoms with van der Waals surface area (Å²) in [5.74, 6) is -1.54. The van der Waals surface area contributed by atoms with Crippen molar-refractivity contribution in [2.45, 2.75) is 25.9 Å². The Balaban J connectivity index is 1.67. The zero-order valence-electron chi connectivity index (χ0n) is 19.1. The van der Waals surface area contributed by atoms with E-state index in [1.54, 1.807) is 10.6 Å². The zero-order valence-corrected chi connectivity index (χ0v) is 19.1. The van der Waals surface area contributed by atoms with E-state index in [0.717, 1.165) is 17.2 Å². The summed E-state index contributed by atoms with van der Waals surface area (Å²) >= 11 is 0. The normalized spacial score (nSPS) is 11.7. The number of hydrogen-bond acceptors (Lipinski definition) is 5. The number of carbonyl (C=O) groups is 1. The van der Waals surface area contributed by atoms with Crippen molar-refractivity contribution in [3.63, 3.8) is 0 Å². The molecule has 0 unspecified atom stereocenters. The minimum Gasteiger partial charge on any atom is -0.456 e. The molecule has 0 bridgehead atoms. The smallest absolute Gasteiger partial charge is 0.449 e. The van der Waals surface area contributed by atoms with Crippen LogP contribution in [0.25, 0.3) is 16.9 Å². The predicted octanol–water partition coefficient (Wildman–Crippen LogP) is 6.12. The summed E-state index contributed by atoms with van der Waals surface area (Å²) in [6, 6.07) is 21.3. The van der Waals surface area contributed by atoms with Crippen LogP contribution in [-0.4, -0.2) is 20.3 Å². The first-order valence-electron chi connectivity index (χ1n) is 11.1. The van der Waals surface area contributed by atoms with Gasteiger partial charge >= 0.3 is 12.1 Å². The van der Waals surface area contributed by atoms with Gasteiger partial charge in [-0.2, -0.15) is 13.2 Å². The van der Waals surface area contributed by atoms with Crippen LogP contribution >= 0.6 is 0 Å². The molecular formula is C27H20F3N3O3. The number of ether oxygens (including phenoxy) is 1. The third kappa shape index (κ3) is 4.86. The highest BCUT2D eigenvalue weighted by Crippen LogP contribution is 2.33. The molecule has 0 aliphatic heterocycles. The number of halogens is 3. The molecule has 0 aliphatic rings. The van der Waals surface area contributed by atoms with Crippen molar-refractivity contribution in [3.8, 4) is 17.1 Å². The van der Waals surface area contributed by atoms with Crippen LogP contribution in [0.4, 0.5) is 13.2 Å². The number of nitrogens with zero attached hydrogens (tertiary/aromatic N) is 3. The van der Waals surface area contributed by atoms with Crippen molar-refractivity contribution in [1.29, 1.82) is 0 Å². The Morgan fingerprint density at radius 1 is 0.917 bits per heavy atom. The number of furan rings is 1. The third-order valence-electron chi connectivity index (χ3n) is 5.51. The lowest BCUT2D eigenvalue weighted by Crippen LogP contribution is -2.07. The Morgan fingerprint density at radius 3 is 2.25 bits per heavy atom. The average Bonchev–Trinajstić information content (AvgIpc) is 3.46. The second kappa shape index (κ2) is 9.33. The molecule has 182 valence electrons. The van der Waals surface area contributed by atoms with E-state index >= 15 is 0 Å². The number of carbonyl (C=O) groups excluding carboxylic acids is 1. The molecule has 0 N–H and O–H groups in total. The standard InChI is InChI=1S/C27H20F3N3O3/c1-17(34)35-26-22(15-20-12-13-24(36-20)27(28,29)30)32-25-21(14-18-8-4-2-5-9-18)31-23(16-33(25)26)19-10-6-3-7-11-19/h2-13,16H,14-15H2,1H3. The summed E-state index contributed by atoms with van der Waals surface area (Å²) in [5, 5.41) is 0. The summed E-state index contributed by atoms with van der Waals surface area (Å²) in [7, 11) is 0. The van der Waals surface area contributed by atoms with Crippen LogP contribution in [0.1, 0.15) is 35.4 Å². The van der Waals surface area contributed by atoms with Crippen LogP contribution in [0, 0.1) is 0 Å². The van der Waals surface area contributed by atoms with E-state index in [1.165, 1.54) is 13.0 Å². The van der Waals surface area contributed by atoms with Gasteiger partial charge in [-0.1, -0.05) is 60.7 Å². The summed E-state index contributed by atoms with van der Waals surface area (Å²) in [5.41, 5.74) is 3.79. The molecule has 5 aromatic rings. The van der Waals surface area contributed by atoms with E-state index in [-0.39, 0.29) is 23.8 Å². The Bertz CT molecular complexity index is 1520. The van der Waals surface area contributed by atoms with E-state index in [2.05, 4.69) is 4.98 Å². The summed E-state index contributed by atoms with van der Waals surface area (Å²) < 4.78 is 51.2. The SMILES string of the molecule is CC(=O)Oc1c(Cc2ccc(C(F)(F)F)o2)nc2c(Cc3ccccc3)nc(-c3ccccc3)cn12. The van der Waals surface area contributed by atoms with Gasteiger partial charge in [0.15, 0.2) is 5.65 Å². The van der Waals surface area contributed by atoms with E-state index < -0.39 is 17.9 Å². The van der Waals surface area contributed by atoms with E-state index in [0.29, 0.717) is 23.5 Å². The monoisotopic (exact) mass is 491 g/mol. The van der Waals surface area contributed by atoms with Crippen molar-refractivity contribution in [3.05, 3.63) is 107 Å². The fourth-order valence-corrected chi connectivity index (χ4v) is 3.94. The molecule has 3 aromatic heterocycles. The third-order valence-corrected chi connectivity index (χ3v) is 5.51. The first-order chi connectivity index (χ1) is 17.3. The van der Waals surface area contributed by atoms with Gasteiger partial charge in [0.25, 0.3) is 0 Å². The second-order valence-electron chi connectivity index (χ2n) is 8.19. The maximum absolute atomic E-state index is 13.0. The van der Waals surface area contributed by atoms with Gasteiger partial charge in [0.05, 0.1) is 17.8 Å². The van der Waals surface area contributed by atoms with Crippen molar-refractivity contribution in [1.82, 2.24) is 14.4 Å². The van der Waals surface area contributed by atoms with Gasteiger partial charge in [0.2, 0.25) is 11.6 Å². The maximum Gasteiger partial charge on any atom is 0.449 e. The van der Waals surface area contributed by atoms with E-state index in [9.17, 15) is 18.0 Å². The molecule has 0 saturated carbocycles. The highest BCUT2D eigenvalue weighted by Gasteiger charge is 2.35. The van der Waals surface area contributed by atoms with Crippen LogP contribution < -0.4 is 4.74 Å². The number of fused-ring (bicyclic) bond motifs is 1. The van der Waals surface area contributed by atoms with Crippen LogP contribution in [-0.2, 0) is 23.8 Å². The molecule has 5 rings (SSSR count). The Hall–Kier alpha value is -4.40. The molecule has 0 spiro atoms. The molecule has 36 heavy (non-hydrogen) atoms. The summed E-state index contributed by atoms with van der Waals surface area (Å²) in [6.07, 6.45) is -2.56. The molecule has 3 heterocycles. The van der Waals surface area contributed by atoms with Gasteiger partial charge in [0, 0.05) is 25.1 Å². The average molecular weight is 491 g/mol.